The van der Waals surface area contributed by atoms with Crippen molar-refractivity contribution in [3.05, 3.63) is 23.8 Å². The van der Waals surface area contributed by atoms with Gasteiger partial charge in [-0.15, -0.1) is 0 Å². The summed E-state index contributed by atoms with van der Waals surface area (Å²) in [5.74, 6) is 0.792. The summed E-state index contributed by atoms with van der Waals surface area (Å²) < 4.78 is 5.10. The zero-order valence-electron chi connectivity index (χ0n) is 8.03. The number of fused-ring (bicyclic) bond motifs is 1. The van der Waals surface area contributed by atoms with Crippen molar-refractivity contribution < 1.29 is 9.84 Å². The Morgan fingerprint density at radius 1 is 1.57 bits per heavy atom. The number of aliphatic hydroxyl groups is 1. The van der Waals surface area contributed by atoms with E-state index in [-0.39, 0.29) is 6.04 Å². The van der Waals surface area contributed by atoms with E-state index in [9.17, 15) is 5.11 Å². The lowest BCUT2D eigenvalue weighted by molar-refractivity contribution is 0.153. The van der Waals surface area contributed by atoms with Crippen molar-refractivity contribution in [2.24, 2.45) is 5.73 Å². The Hall–Kier alpha value is -1.26. The van der Waals surface area contributed by atoms with Gasteiger partial charge in [0.15, 0.2) is 0 Å². The molecular formula is C10H14N2O2. The highest BCUT2D eigenvalue weighted by Crippen LogP contribution is 2.31. The van der Waals surface area contributed by atoms with Crippen LogP contribution in [0.25, 0.3) is 0 Å². The molecule has 0 bridgehead atoms. The molecule has 0 saturated carbocycles. The minimum Gasteiger partial charge on any atom is -0.497 e. The number of benzene rings is 1. The normalized spacial score (nSPS) is 25.1. The van der Waals surface area contributed by atoms with Crippen LogP contribution in [0.2, 0.25) is 0 Å². The molecule has 2 atom stereocenters. The average molecular weight is 194 g/mol. The molecule has 2 unspecified atom stereocenters. The minimum atomic E-state index is -0.518. The molecule has 4 nitrogen and oxygen atoms in total. The Morgan fingerprint density at radius 3 is 3.07 bits per heavy atom. The lowest BCUT2D eigenvalue weighted by Crippen LogP contribution is -2.36. The van der Waals surface area contributed by atoms with Crippen molar-refractivity contribution >= 4 is 5.69 Å². The van der Waals surface area contributed by atoms with Gasteiger partial charge in [-0.2, -0.15) is 0 Å². The SMILES string of the molecule is COc1ccc2c(c1)NCC(O)C2N. The van der Waals surface area contributed by atoms with E-state index >= 15 is 0 Å². The molecular weight excluding hydrogens is 180 g/mol. The second-order valence-corrected chi connectivity index (χ2v) is 3.43. The van der Waals surface area contributed by atoms with Crippen molar-refractivity contribution in [1.29, 1.82) is 0 Å². The highest BCUT2D eigenvalue weighted by atomic mass is 16.5. The summed E-state index contributed by atoms with van der Waals surface area (Å²) in [4.78, 5) is 0. The molecule has 0 aromatic heterocycles. The van der Waals surface area contributed by atoms with Crippen LogP contribution in [-0.2, 0) is 0 Å². The molecule has 4 heteroatoms. The van der Waals surface area contributed by atoms with E-state index in [1.807, 2.05) is 18.2 Å². The molecule has 1 aliphatic rings. The summed E-state index contributed by atoms with van der Waals surface area (Å²) in [5, 5.41) is 12.6. The number of nitrogens with one attached hydrogen (secondary N) is 1. The van der Waals surface area contributed by atoms with Crippen LogP contribution in [-0.4, -0.2) is 24.9 Å². The lowest BCUT2D eigenvalue weighted by Gasteiger charge is -2.28. The zero-order valence-corrected chi connectivity index (χ0v) is 8.03. The van der Waals surface area contributed by atoms with Crippen LogP contribution >= 0.6 is 0 Å². The number of rotatable bonds is 1. The maximum atomic E-state index is 9.53. The topological polar surface area (TPSA) is 67.5 Å². The highest BCUT2D eigenvalue weighted by molar-refractivity contribution is 5.58. The molecule has 0 fully saturated rings. The van der Waals surface area contributed by atoms with Gasteiger partial charge in [-0.25, -0.2) is 0 Å². The van der Waals surface area contributed by atoms with Gasteiger partial charge < -0.3 is 20.9 Å². The van der Waals surface area contributed by atoms with E-state index in [1.165, 1.54) is 0 Å². The Labute approximate surface area is 82.7 Å². The summed E-state index contributed by atoms with van der Waals surface area (Å²) in [6.07, 6.45) is -0.518. The van der Waals surface area contributed by atoms with Gasteiger partial charge in [0.1, 0.15) is 5.75 Å². The zero-order chi connectivity index (χ0) is 10.1. The van der Waals surface area contributed by atoms with Crippen molar-refractivity contribution in [2.45, 2.75) is 12.1 Å². The third-order valence-corrected chi connectivity index (χ3v) is 2.54. The molecule has 1 heterocycles. The third-order valence-electron chi connectivity index (χ3n) is 2.54. The van der Waals surface area contributed by atoms with Crippen LogP contribution in [0, 0.1) is 0 Å². The van der Waals surface area contributed by atoms with E-state index in [4.69, 9.17) is 10.5 Å². The fourth-order valence-corrected chi connectivity index (χ4v) is 1.65. The molecule has 1 aromatic carbocycles. The Balaban J connectivity index is 2.38. The Kier molecular flexibility index (Phi) is 2.31. The van der Waals surface area contributed by atoms with Crippen molar-refractivity contribution in [3.63, 3.8) is 0 Å². The van der Waals surface area contributed by atoms with Gasteiger partial charge >= 0.3 is 0 Å². The number of methoxy groups -OCH3 is 1. The Morgan fingerprint density at radius 2 is 2.36 bits per heavy atom. The van der Waals surface area contributed by atoms with Crippen molar-refractivity contribution in [1.82, 2.24) is 0 Å². The van der Waals surface area contributed by atoms with E-state index in [0.29, 0.717) is 6.54 Å². The van der Waals surface area contributed by atoms with Gasteiger partial charge in [0.2, 0.25) is 0 Å². The van der Waals surface area contributed by atoms with Crippen LogP contribution < -0.4 is 15.8 Å². The van der Waals surface area contributed by atoms with Crippen LogP contribution in [0.5, 0.6) is 5.75 Å². The maximum absolute atomic E-state index is 9.53. The highest BCUT2D eigenvalue weighted by Gasteiger charge is 2.24. The number of anilines is 1. The molecule has 0 amide bonds. The first-order valence-electron chi connectivity index (χ1n) is 4.58. The van der Waals surface area contributed by atoms with Gasteiger partial charge in [-0.05, 0) is 11.6 Å². The first-order chi connectivity index (χ1) is 6.72. The second kappa shape index (κ2) is 3.48. The van der Waals surface area contributed by atoms with Crippen LogP contribution in [0.15, 0.2) is 18.2 Å². The summed E-state index contributed by atoms with van der Waals surface area (Å²) >= 11 is 0. The maximum Gasteiger partial charge on any atom is 0.120 e. The number of nitrogens with two attached hydrogens (primary N) is 1. The molecule has 1 aromatic rings. The molecule has 0 aliphatic carbocycles. The quantitative estimate of drug-likeness (QED) is 0.608. The van der Waals surface area contributed by atoms with Gasteiger partial charge in [-0.3, -0.25) is 0 Å². The van der Waals surface area contributed by atoms with Gasteiger partial charge in [-0.1, -0.05) is 6.07 Å². The molecule has 1 aliphatic heterocycles. The molecule has 0 radical (unpaired) electrons. The minimum absolute atomic E-state index is 0.308. The average Bonchev–Trinajstić information content (AvgIpc) is 2.23. The summed E-state index contributed by atoms with van der Waals surface area (Å²) in [5.41, 5.74) is 7.73. The number of hydrogen-bond acceptors (Lipinski definition) is 4. The molecule has 0 spiro atoms. The third kappa shape index (κ3) is 1.42. The van der Waals surface area contributed by atoms with E-state index in [1.54, 1.807) is 7.11 Å². The largest absolute Gasteiger partial charge is 0.497 e. The standard InChI is InChI=1S/C10H14N2O2/c1-14-6-2-3-7-8(4-6)12-5-9(13)10(7)11/h2-4,9-10,12-13H,5,11H2,1H3. The fraction of sp³-hybridized carbons (Fsp3) is 0.400. The molecule has 4 N–H and O–H groups in total. The number of ether oxygens (including phenoxy) is 1. The number of β-amino-alcohol motifs (C(OH)–C–C–N with tert-alkyl or cyclic N) is 1. The molecule has 14 heavy (non-hydrogen) atoms. The van der Waals surface area contributed by atoms with E-state index in [0.717, 1.165) is 17.0 Å². The summed E-state index contributed by atoms with van der Waals surface area (Å²) in [6, 6.07) is 5.31. The van der Waals surface area contributed by atoms with Crippen LogP contribution in [0.1, 0.15) is 11.6 Å². The van der Waals surface area contributed by atoms with Gasteiger partial charge in [0.25, 0.3) is 0 Å². The van der Waals surface area contributed by atoms with Gasteiger partial charge in [0.05, 0.1) is 19.3 Å². The second-order valence-electron chi connectivity index (χ2n) is 3.43. The Bertz CT molecular complexity index is 341. The van der Waals surface area contributed by atoms with E-state index < -0.39 is 6.10 Å². The first-order valence-corrected chi connectivity index (χ1v) is 4.58. The molecule has 2 rings (SSSR count). The molecule has 0 saturated heterocycles. The number of hydrogen-bond donors (Lipinski definition) is 3. The van der Waals surface area contributed by atoms with Gasteiger partial charge in [0, 0.05) is 18.3 Å². The first kappa shape index (κ1) is 9.30. The van der Waals surface area contributed by atoms with E-state index in [2.05, 4.69) is 5.32 Å². The number of aliphatic hydroxyl groups excluding tert-OH is 1. The monoisotopic (exact) mass is 194 g/mol. The summed E-state index contributed by atoms with van der Waals surface area (Å²) in [6.45, 7) is 0.487. The fourth-order valence-electron chi connectivity index (χ4n) is 1.65. The molecule has 76 valence electrons. The smallest absolute Gasteiger partial charge is 0.120 e. The van der Waals surface area contributed by atoms with Crippen LogP contribution in [0.4, 0.5) is 5.69 Å². The summed E-state index contributed by atoms with van der Waals surface area (Å²) in [7, 11) is 1.62. The lowest BCUT2D eigenvalue weighted by atomic mass is 9.96. The predicted molar refractivity (Wildman–Crippen MR) is 54.4 cm³/mol. The predicted octanol–water partition coefficient (Wildman–Crippen LogP) is 0.481. The van der Waals surface area contributed by atoms with Crippen molar-refractivity contribution in [2.75, 3.05) is 19.0 Å². The van der Waals surface area contributed by atoms with Crippen LogP contribution in [0.3, 0.4) is 0 Å². The van der Waals surface area contributed by atoms with Crippen molar-refractivity contribution in [3.8, 4) is 5.75 Å².